The average Bonchev–Trinajstić information content (AvgIpc) is 3.02. The summed E-state index contributed by atoms with van der Waals surface area (Å²) in [6.45, 7) is 2.88. The number of halogens is 1. The number of hydrogen-bond acceptors (Lipinski definition) is 5. The van der Waals surface area contributed by atoms with Crippen LogP contribution in [0.5, 0.6) is 0 Å². The van der Waals surface area contributed by atoms with Crippen molar-refractivity contribution >= 4 is 48.9 Å². The van der Waals surface area contributed by atoms with Gasteiger partial charge in [0.25, 0.3) is 15.9 Å². The number of aryl methyl sites for hydroxylation is 1. The highest BCUT2D eigenvalue weighted by atomic mass is 35.5. The SMILES string of the molecule is Cc1ccc(Cl)cc1N(Cc1ccc(C(=O)Nc2ccc(S(=O)(=O)N3CCCCC3)cc2)cc1)S(=O)(=O)c1ccccc1. The number of nitrogens with zero attached hydrogens (tertiary/aromatic N) is 2. The highest BCUT2D eigenvalue weighted by Crippen LogP contribution is 2.31. The molecule has 1 N–H and O–H groups in total. The monoisotopic (exact) mass is 637 g/mol. The number of amides is 1. The Morgan fingerprint density at radius 2 is 1.47 bits per heavy atom. The number of piperidine rings is 1. The Morgan fingerprint density at radius 3 is 2.12 bits per heavy atom. The fourth-order valence-electron chi connectivity index (χ4n) is 4.97. The van der Waals surface area contributed by atoms with Crippen LogP contribution in [0, 0.1) is 6.92 Å². The summed E-state index contributed by atoms with van der Waals surface area (Å²) >= 11 is 6.25. The van der Waals surface area contributed by atoms with Crippen LogP contribution in [0.15, 0.2) is 107 Å². The molecule has 1 heterocycles. The first-order valence-electron chi connectivity index (χ1n) is 13.9. The van der Waals surface area contributed by atoms with Crippen LogP contribution < -0.4 is 9.62 Å². The minimum absolute atomic E-state index is 0.0211. The van der Waals surface area contributed by atoms with Crippen molar-refractivity contribution in [1.29, 1.82) is 0 Å². The van der Waals surface area contributed by atoms with Gasteiger partial charge in [-0.25, -0.2) is 16.8 Å². The molecule has 224 valence electrons. The lowest BCUT2D eigenvalue weighted by Crippen LogP contribution is -2.35. The van der Waals surface area contributed by atoms with Crippen LogP contribution in [-0.2, 0) is 26.6 Å². The molecular formula is C32H32ClN3O5S2. The molecule has 0 saturated carbocycles. The van der Waals surface area contributed by atoms with Gasteiger partial charge in [0.15, 0.2) is 0 Å². The van der Waals surface area contributed by atoms with Gasteiger partial charge >= 0.3 is 0 Å². The van der Waals surface area contributed by atoms with E-state index in [-0.39, 0.29) is 22.2 Å². The summed E-state index contributed by atoms with van der Waals surface area (Å²) in [6.07, 6.45) is 2.74. The molecule has 0 radical (unpaired) electrons. The lowest BCUT2D eigenvalue weighted by atomic mass is 10.1. The van der Waals surface area contributed by atoms with E-state index in [0.29, 0.717) is 40.6 Å². The third-order valence-electron chi connectivity index (χ3n) is 7.38. The molecule has 8 nitrogen and oxygen atoms in total. The molecule has 0 bridgehead atoms. The Kier molecular flexibility index (Phi) is 9.22. The van der Waals surface area contributed by atoms with E-state index in [1.165, 1.54) is 20.7 Å². The zero-order valence-electron chi connectivity index (χ0n) is 23.6. The van der Waals surface area contributed by atoms with Crippen molar-refractivity contribution in [1.82, 2.24) is 4.31 Å². The third-order valence-corrected chi connectivity index (χ3v) is 11.3. The third kappa shape index (κ3) is 6.94. The van der Waals surface area contributed by atoms with Crippen LogP contribution >= 0.6 is 11.6 Å². The summed E-state index contributed by atoms with van der Waals surface area (Å²) in [4.78, 5) is 13.3. The number of nitrogens with one attached hydrogen (secondary N) is 1. The summed E-state index contributed by atoms with van der Waals surface area (Å²) in [5, 5.41) is 3.21. The second-order valence-corrected chi connectivity index (χ2v) is 14.6. The highest BCUT2D eigenvalue weighted by molar-refractivity contribution is 7.92. The van der Waals surface area contributed by atoms with Gasteiger partial charge in [-0.2, -0.15) is 4.31 Å². The van der Waals surface area contributed by atoms with Gasteiger partial charge in [-0.15, -0.1) is 0 Å². The fourth-order valence-corrected chi connectivity index (χ4v) is 8.18. The van der Waals surface area contributed by atoms with Crippen molar-refractivity contribution < 1.29 is 21.6 Å². The molecule has 43 heavy (non-hydrogen) atoms. The molecule has 4 aromatic carbocycles. The lowest BCUT2D eigenvalue weighted by Gasteiger charge is -2.26. The average molecular weight is 638 g/mol. The summed E-state index contributed by atoms with van der Waals surface area (Å²) in [5.41, 5.74) is 2.70. The molecule has 0 spiro atoms. The van der Waals surface area contributed by atoms with Gasteiger partial charge in [-0.3, -0.25) is 9.10 Å². The van der Waals surface area contributed by atoms with Crippen molar-refractivity contribution in [3.63, 3.8) is 0 Å². The summed E-state index contributed by atoms with van der Waals surface area (Å²) in [7, 11) is -7.49. The normalized spacial score (nSPS) is 14.3. The molecular weight excluding hydrogens is 606 g/mol. The Bertz CT molecular complexity index is 1810. The van der Waals surface area contributed by atoms with Crippen LogP contribution in [0.2, 0.25) is 5.02 Å². The van der Waals surface area contributed by atoms with Gasteiger partial charge in [0, 0.05) is 29.4 Å². The van der Waals surface area contributed by atoms with E-state index in [0.717, 1.165) is 24.8 Å². The van der Waals surface area contributed by atoms with Crippen LogP contribution in [0.25, 0.3) is 0 Å². The van der Waals surface area contributed by atoms with Gasteiger partial charge in [-0.1, -0.05) is 54.4 Å². The van der Waals surface area contributed by atoms with E-state index in [4.69, 9.17) is 11.6 Å². The first-order chi connectivity index (χ1) is 20.6. The highest BCUT2D eigenvalue weighted by Gasteiger charge is 2.27. The maximum absolute atomic E-state index is 13.7. The minimum atomic E-state index is -3.93. The number of hydrogen-bond donors (Lipinski definition) is 1. The van der Waals surface area contributed by atoms with Crippen molar-refractivity contribution in [3.8, 4) is 0 Å². The minimum Gasteiger partial charge on any atom is -0.322 e. The Balaban J connectivity index is 1.32. The number of anilines is 2. The molecule has 0 aromatic heterocycles. The molecule has 0 unspecified atom stereocenters. The number of carbonyl (C=O) groups excluding carboxylic acids is 1. The van der Waals surface area contributed by atoms with Crippen LogP contribution in [0.4, 0.5) is 11.4 Å². The van der Waals surface area contributed by atoms with Crippen LogP contribution in [0.3, 0.4) is 0 Å². The van der Waals surface area contributed by atoms with E-state index in [9.17, 15) is 21.6 Å². The standard InChI is InChI=1S/C32H32ClN3O5S2/c1-24-10-15-27(33)22-31(24)36(43(40,41)29-8-4-2-5-9-29)23-25-11-13-26(14-12-25)32(37)34-28-16-18-30(19-17-28)42(38,39)35-20-6-3-7-21-35/h2,4-5,8-19,22H,3,6-7,20-21,23H2,1H3,(H,34,37). The fraction of sp³-hybridized carbons (Fsp3) is 0.219. The second kappa shape index (κ2) is 12.9. The van der Waals surface area contributed by atoms with E-state index in [1.807, 2.05) is 6.92 Å². The molecule has 1 saturated heterocycles. The molecule has 1 fully saturated rings. The smallest absolute Gasteiger partial charge is 0.264 e. The number of sulfonamides is 2. The Hall–Kier alpha value is -3.70. The maximum Gasteiger partial charge on any atom is 0.264 e. The van der Waals surface area contributed by atoms with Gasteiger partial charge in [0.1, 0.15) is 0 Å². The molecule has 1 aliphatic rings. The Labute approximate surface area is 258 Å². The van der Waals surface area contributed by atoms with Gasteiger partial charge < -0.3 is 5.32 Å². The quantitative estimate of drug-likeness (QED) is 0.227. The molecule has 1 aliphatic heterocycles. The first-order valence-corrected chi connectivity index (χ1v) is 17.2. The molecule has 4 aromatic rings. The number of carbonyl (C=O) groups is 1. The van der Waals surface area contributed by atoms with E-state index in [1.54, 1.807) is 84.9 Å². The molecule has 0 atom stereocenters. The van der Waals surface area contributed by atoms with Gasteiger partial charge in [0.2, 0.25) is 10.0 Å². The second-order valence-electron chi connectivity index (χ2n) is 10.4. The molecule has 0 aliphatic carbocycles. The Morgan fingerprint density at radius 1 is 0.814 bits per heavy atom. The lowest BCUT2D eigenvalue weighted by molar-refractivity contribution is 0.102. The van der Waals surface area contributed by atoms with Gasteiger partial charge in [-0.05, 0) is 91.6 Å². The van der Waals surface area contributed by atoms with Crippen LogP contribution in [-0.4, -0.2) is 40.1 Å². The van der Waals surface area contributed by atoms with Crippen molar-refractivity contribution in [2.75, 3.05) is 22.7 Å². The zero-order chi connectivity index (χ0) is 30.6. The van der Waals surface area contributed by atoms with E-state index >= 15 is 0 Å². The topological polar surface area (TPSA) is 104 Å². The predicted octanol–water partition coefficient (Wildman–Crippen LogP) is 6.47. The summed E-state index contributed by atoms with van der Waals surface area (Å²) in [6, 6.07) is 26.1. The number of rotatable bonds is 9. The first kappa shape index (κ1) is 30.7. The molecule has 1 amide bonds. The van der Waals surface area contributed by atoms with E-state index in [2.05, 4.69) is 5.32 Å². The van der Waals surface area contributed by atoms with E-state index < -0.39 is 20.0 Å². The van der Waals surface area contributed by atoms with Crippen LogP contribution in [0.1, 0.15) is 40.7 Å². The van der Waals surface area contributed by atoms with Gasteiger partial charge in [0.05, 0.1) is 22.0 Å². The molecule has 11 heteroatoms. The largest absolute Gasteiger partial charge is 0.322 e. The molecule has 5 rings (SSSR count). The van der Waals surface area contributed by atoms with Crippen molar-refractivity contribution in [3.05, 3.63) is 119 Å². The van der Waals surface area contributed by atoms with Crippen molar-refractivity contribution in [2.45, 2.75) is 42.5 Å². The summed E-state index contributed by atoms with van der Waals surface area (Å²) in [5.74, 6) is -0.377. The summed E-state index contributed by atoms with van der Waals surface area (Å²) < 4.78 is 56.1. The zero-order valence-corrected chi connectivity index (χ0v) is 26.0. The number of benzene rings is 4. The maximum atomic E-state index is 13.7. The van der Waals surface area contributed by atoms with Crippen molar-refractivity contribution in [2.24, 2.45) is 0 Å². The predicted molar refractivity (Wildman–Crippen MR) is 169 cm³/mol.